The number of amides is 1. The molecule has 1 unspecified atom stereocenters. The summed E-state index contributed by atoms with van der Waals surface area (Å²) in [6.45, 7) is 8.76. The molecule has 0 heterocycles. The van der Waals surface area contributed by atoms with Crippen LogP contribution in [0.2, 0.25) is 0 Å². The first kappa shape index (κ1) is 14.3. The predicted octanol–water partition coefficient (Wildman–Crippen LogP) is 2.18. The van der Waals surface area contributed by atoms with Gasteiger partial charge in [-0.05, 0) is 27.7 Å². The van der Waals surface area contributed by atoms with Gasteiger partial charge in [0.25, 0.3) is 0 Å². The van der Waals surface area contributed by atoms with Crippen molar-refractivity contribution in [2.75, 3.05) is 5.75 Å². The first-order valence-electron chi connectivity index (χ1n) is 4.83. The van der Waals surface area contributed by atoms with Gasteiger partial charge in [-0.25, -0.2) is 4.79 Å². The second-order valence-electron chi connectivity index (χ2n) is 4.35. The van der Waals surface area contributed by atoms with E-state index in [1.165, 1.54) is 18.7 Å². The zero-order valence-corrected chi connectivity index (χ0v) is 10.7. The third-order valence-electron chi connectivity index (χ3n) is 1.30. The second-order valence-corrected chi connectivity index (χ2v) is 5.55. The molecule has 1 amide bonds. The Labute approximate surface area is 95.1 Å². The maximum absolute atomic E-state index is 11.3. The van der Waals surface area contributed by atoms with E-state index in [-0.39, 0.29) is 11.2 Å². The van der Waals surface area contributed by atoms with E-state index < -0.39 is 11.7 Å². The number of carbonyl (C=O) groups is 2. The Morgan fingerprint density at radius 2 is 1.93 bits per heavy atom. The van der Waals surface area contributed by atoms with Crippen molar-refractivity contribution >= 4 is 23.0 Å². The van der Waals surface area contributed by atoms with Crippen LogP contribution in [0.4, 0.5) is 4.79 Å². The van der Waals surface area contributed by atoms with E-state index in [1.807, 2.05) is 27.7 Å². The fraction of sp³-hybridized carbons (Fsp3) is 0.800. The van der Waals surface area contributed by atoms with E-state index in [9.17, 15) is 9.59 Å². The van der Waals surface area contributed by atoms with Gasteiger partial charge >= 0.3 is 6.09 Å². The highest BCUT2D eigenvalue weighted by atomic mass is 32.2. The Morgan fingerprint density at radius 3 is 2.33 bits per heavy atom. The number of hydrogen-bond donors (Lipinski definition) is 1. The summed E-state index contributed by atoms with van der Waals surface area (Å²) in [5.74, 6) is 0.564. The minimum absolute atomic E-state index is 0.0489. The molecule has 4 nitrogen and oxygen atoms in total. The molecule has 15 heavy (non-hydrogen) atoms. The van der Waals surface area contributed by atoms with Gasteiger partial charge in [-0.15, -0.1) is 0 Å². The molecule has 5 heteroatoms. The first-order chi connectivity index (χ1) is 6.70. The summed E-state index contributed by atoms with van der Waals surface area (Å²) in [6, 6.07) is -0.0752. The number of carbonyl (C=O) groups excluding carboxylic acids is 2. The van der Waals surface area contributed by atoms with Crippen LogP contribution in [0, 0.1) is 0 Å². The summed E-state index contributed by atoms with van der Waals surface area (Å²) in [5, 5.41) is 2.71. The lowest BCUT2D eigenvalue weighted by Gasteiger charge is -2.21. The van der Waals surface area contributed by atoms with Gasteiger partial charge < -0.3 is 10.1 Å². The number of rotatable bonds is 3. The molecular formula is C10H19NO3S. The maximum atomic E-state index is 11.3. The average Bonchev–Trinajstić information content (AvgIpc) is 1.96. The quantitative estimate of drug-likeness (QED) is 0.811. The lowest BCUT2D eigenvalue weighted by Crippen LogP contribution is -2.38. The molecule has 0 aromatic carbocycles. The van der Waals surface area contributed by atoms with Crippen LogP contribution in [0.25, 0.3) is 0 Å². The van der Waals surface area contributed by atoms with Crippen molar-refractivity contribution < 1.29 is 14.3 Å². The molecule has 0 aliphatic carbocycles. The van der Waals surface area contributed by atoms with Crippen LogP contribution in [-0.4, -0.2) is 28.6 Å². The SMILES string of the molecule is CC(=O)SCC(C)NC(=O)OC(C)(C)C. The van der Waals surface area contributed by atoms with E-state index in [2.05, 4.69) is 5.32 Å². The van der Waals surface area contributed by atoms with Gasteiger partial charge in [0.05, 0.1) is 0 Å². The lowest BCUT2D eigenvalue weighted by atomic mass is 10.2. The number of hydrogen-bond acceptors (Lipinski definition) is 4. The smallest absolute Gasteiger partial charge is 0.407 e. The zero-order valence-electron chi connectivity index (χ0n) is 9.92. The van der Waals surface area contributed by atoms with Gasteiger partial charge in [0.2, 0.25) is 0 Å². The summed E-state index contributed by atoms with van der Waals surface area (Å²) < 4.78 is 5.07. The Balaban J connectivity index is 3.81. The van der Waals surface area contributed by atoms with Gasteiger partial charge in [0.15, 0.2) is 5.12 Å². The maximum Gasteiger partial charge on any atom is 0.407 e. The van der Waals surface area contributed by atoms with Crippen molar-refractivity contribution in [3.8, 4) is 0 Å². The number of thioether (sulfide) groups is 1. The van der Waals surface area contributed by atoms with Crippen LogP contribution in [0.3, 0.4) is 0 Å². The molecule has 0 saturated heterocycles. The molecule has 0 radical (unpaired) electrons. The Bertz CT molecular complexity index is 235. The summed E-state index contributed by atoms with van der Waals surface area (Å²) in [4.78, 5) is 22.0. The molecule has 0 aromatic heterocycles. The fourth-order valence-electron chi connectivity index (χ4n) is 0.793. The zero-order chi connectivity index (χ0) is 12.1. The van der Waals surface area contributed by atoms with Crippen LogP contribution < -0.4 is 5.32 Å². The van der Waals surface area contributed by atoms with E-state index in [0.717, 1.165) is 0 Å². The van der Waals surface area contributed by atoms with Gasteiger partial charge in [0.1, 0.15) is 5.60 Å². The van der Waals surface area contributed by atoms with Crippen LogP contribution in [0.5, 0.6) is 0 Å². The molecule has 0 spiro atoms. The normalized spacial score (nSPS) is 13.1. The third kappa shape index (κ3) is 9.59. The van der Waals surface area contributed by atoms with Crippen molar-refractivity contribution in [2.45, 2.75) is 46.3 Å². The Morgan fingerprint density at radius 1 is 1.40 bits per heavy atom. The molecule has 0 fully saturated rings. The summed E-state index contributed by atoms with van der Waals surface area (Å²) >= 11 is 1.19. The van der Waals surface area contributed by atoms with Crippen molar-refractivity contribution in [3.63, 3.8) is 0 Å². The molecule has 1 N–H and O–H groups in total. The molecule has 0 aliphatic heterocycles. The molecule has 88 valence electrons. The average molecular weight is 233 g/mol. The van der Waals surface area contributed by atoms with Crippen molar-refractivity contribution in [2.24, 2.45) is 0 Å². The summed E-state index contributed by atoms with van der Waals surface area (Å²) in [7, 11) is 0. The van der Waals surface area contributed by atoms with Crippen LogP contribution in [0.15, 0.2) is 0 Å². The molecule has 0 aliphatic rings. The molecule has 0 rings (SSSR count). The fourth-order valence-corrected chi connectivity index (χ4v) is 1.36. The van der Waals surface area contributed by atoms with Gasteiger partial charge in [-0.1, -0.05) is 11.8 Å². The van der Waals surface area contributed by atoms with E-state index in [0.29, 0.717) is 5.75 Å². The van der Waals surface area contributed by atoms with E-state index in [1.54, 1.807) is 0 Å². The number of nitrogens with one attached hydrogen (secondary N) is 1. The van der Waals surface area contributed by atoms with Gasteiger partial charge in [-0.2, -0.15) is 0 Å². The molecule has 0 aromatic rings. The summed E-state index contributed by atoms with van der Waals surface area (Å²) in [6.07, 6.45) is -0.445. The largest absolute Gasteiger partial charge is 0.444 e. The Kier molecular flexibility index (Phi) is 5.72. The highest BCUT2D eigenvalue weighted by Crippen LogP contribution is 2.08. The Hall–Kier alpha value is -0.710. The monoisotopic (exact) mass is 233 g/mol. The molecule has 0 bridgehead atoms. The highest BCUT2D eigenvalue weighted by molar-refractivity contribution is 8.13. The van der Waals surface area contributed by atoms with E-state index in [4.69, 9.17) is 4.74 Å². The topological polar surface area (TPSA) is 55.4 Å². The standard InChI is InChI=1S/C10H19NO3S/c1-7(6-15-8(2)12)11-9(13)14-10(3,4)5/h7H,6H2,1-5H3,(H,11,13). The lowest BCUT2D eigenvalue weighted by molar-refractivity contribution is -0.109. The third-order valence-corrected chi connectivity index (χ3v) is 2.37. The molecule has 0 saturated carbocycles. The van der Waals surface area contributed by atoms with Gasteiger partial charge in [0, 0.05) is 18.7 Å². The van der Waals surface area contributed by atoms with Crippen molar-refractivity contribution in [1.29, 1.82) is 0 Å². The minimum atomic E-state index is -0.489. The first-order valence-corrected chi connectivity index (χ1v) is 5.82. The van der Waals surface area contributed by atoms with Crippen LogP contribution in [0.1, 0.15) is 34.6 Å². The van der Waals surface area contributed by atoms with Crippen LogP contribution in [-0.2, 0) is 9.53 Å². The van der Waals surface area contributed by atoms with Crippen LogP contribution >= 0.6 is 11.8 Å². The van der Waals surface area contributed by atoms with Crippen molar-refractivity contribution in [1.82, 2.24) is 5.32 Å². The minimum Gasteiger partial charge on any atom is -0.444 e. The summed E-state index contributed by atoms with van der Waals surface area (Å²) in [5.41, 5.74) is -0.489. The van der Waals surface area contributed by atoms with Gasteiger partial charge in [-0.3, -0.25) is 4.79 Å². The predicted molar refractivity (Wildman–Crippen MR) is 62.0 cm³/mol. The highest BCUT2D eigenvalue weighted by Gasteiger charge is 2.17. The number of alkyl carbamates (subject to hydrolysis) is 1. The van der Waals surface area contributed by atoms with Crippen molar-refractivity contribution in [3.05, 3.63) is 0 Å². The molecular weight excluding hydrogens is 214 g/mol. The number of ether oxygens (including phenoxy) is 1. The van der Waals surface area contributed by atoms with E-state index >= 15 is 0 Å². The second kappa shape index (κ2) is 6.00. The molecule has 1 atom stereocenters.